The van der Waals surface area contributed by atoms with Gasteiger partial charge >= 0.3 is 0 Å². The van der Waals surface area contributed by atoms with Gasteiger partial charge < -0.3 is 4.57 Å². The van der Waals surface area contributed by atoms with Crippen LogP contribution >= 0.6 is 31.9 Å². The number of nitrogens with zero attached hydrogens (tertiary/aromatic N) is 3. The maximum Gasteiger partial charge on any atom is 0.264 e. The van der Waals surface area contributed by atoms with Gasteiger partial charge in [-0.15, -0.1) is 0 Å². The molecule has 16 heavy (non-hydrogen) atoms. The van der Waals surface area contributed by atoms with Crippen molar-refractivity contribution in [3.8, 4) is 0 Å². The Labute approximate surface area is 109 Å². The summed E-state index contributed by atoms with van der Waals surface area (Å²) in [5.74, 6) is 0. The molecule has 0 atom stereocenters. The van der Waals surface area contributed by atoms with Crippen LogP contribution in [0.1, 0.15) is 0 Å². The molecule has 0 aliphatic rings. The van der Waals surface area contributed by atoms with E-state index in [0.29, 0.717) is 17.6 Å². The molecule has 0 aliphatic heterocycles. The number of halogens is 2. The van der Waals surface area contributed by atoms with E-state index in [4.69, 9.17) is 0 Å². The fraction of sp³-hybridized carbons (Fsp3) is 0.200. The van der Waals surface area contributed by atoms with Gasteiger partial charge in [0.25, 0.3) is 5.56 Å². The number of aromatic nitrogens is 3. The molecule has 0 bridgehead atoms. The summed E-state index contributed by atoms with van der Waals surface area (Å²) in [6.45, 7) is 1.27. The molecule has 2 aromatic rings. The lowest BCUT2D eigenvalue weighted by atomic mass is 10.4. The van der Waals surface area contributed by atoms with E-state index in [9.17, 15) is 4.79 Å². The van der Waals surface area contributed by atoms with Crippen LogP contribution in [0.2, 0.25) is 0 Å². The summed E-state index contributed by atoms with van der Waals surface area (Å²) in [5.41, 5.74) is -0.0321. The second kappa shape index (κ2) is 4.97. The Bertz CT molecular complexity index is 533. The van der Waals surface area contributed by atoms with Crippen LogP contribution in [0, 0.1) is 0 Å². The summed E-state index contributed by atoms with van der Waals surface area (Å²) in [6.07, 6.45) is 5.37. The average molecular weight is 347 g/mol. The van der Waals surface area contributed by atoms with Gasteiger partial charge in [0.15, 0.2) is 0 Å². The molecule has 0 unspecified atom stereocenters. The molecule has 0 aromatic carbocycles. The largest absolute Gasteiger partial charge is 0.312 e. The smallest absolute Gasteiger partial charge is 0.264 e. The van der Waals surface area contributed by atoms with Crippen molar-refractivity contribution in [1.29, 1.82) is 0 Å². The van der Waals surface area contributed by atoms with E-state index in [-0.39, 0.29) is 5.56 Å². The van der Waals surface area contributed by atoms with E-state index < -0.39 is 0 Å². The molecule has 4 nitrogen and oxygen atoms in total. The van der Waals surface area contributed by atoms with Gasteiger partial charge in [-0.05, 0) is 44.0 Å². The van der Waals surface area contributed by atoms with E-state index >= 15 is 0 Å². The van der Waals surface area contributed by atoms with E-state index in [1.807, 2.05) is 12.3 Å². The van der Waals surface area contributed by atoms with Crippen molar-refractivity contribution in [1.82, 2.24) is 14.3 Å². The molecule has 0 fully saturated rings. The highest BCUT2D eigenvalue weighted by molar-refractivity contribution is 9.11. The Morgan fingerprint density at radius 1 is 1.31 bits per heavy atom. The standard InChI is InChI=1S/C10H9Br2N3O/c11-8-6-9(12)10(16)14(7-8)4-5-15-3-1-2-13-15/h1-3,6-7H,4-5H2. The van der Waals surface area contributed by atoms with Gasteiger partial charge in [-0.2, -0.15) is 5.10 Å². The minimum atomic E-state index is -0.0321. The molecule has 84 valence electrons. The minimum Gasteiger partial charge on any atom is -0.312 e. The highest BCUT2D eigenvalue weighted by Gasteiger charge is 2.03. The summed E-state index contributed by atoms with van der Waals surface area (Å²) in [6, 6.07) is 3.60. The van der Waals surface area contributed by atoms with Gasteiger partial charge in [0.05, 0.1) is 11.0 Å². The van der Waals surface area contributed by atoms with Gasteiger partial charge in [0.1, 0.15) is 0 Å². The fourth-order valence-corrected chi connectivity index (χ4v) is 2.63. The third kappa shape index (κ3) is 2.62. The SMILES string of the molecule is O=c1c(Br)cc(Br)cn1CCn1cccn1. The second-order valence-corrected chi connectivity index (χ2v) is 5.04. The number of hydrogen-bond donors (Lipinski definition) is 0. The molecule has 0 N–H and O–H groups in total. The predicted molar refractivity (Wildman–Crippen MR) is 68.3 cm³/mol. The summed E-state index contributed by atoms with van der Waals surface area (Å²) in [4.78, 5) is 11.7. The third-order valence-electron chi connectivity index (χ3n) is 2.14. The van der Waals surface area contributed by atoms with Crippen molar-refractivity contribution < 1.29 is 0 Å². The highest BCUT2D eigenvalue weighted by atomic mass is 79.9. The zero-order valence-corrected chi connectivity index (χ0v) is 11.5. The van der Waals surface area contributed by atoms with Gasteiger partial charge in [-0.25, -0.2) is 0 Å². The van der Waals surface area contributed by atoms with Crippen LogP contribution in [0.25, 0.3) is 0 Å². The molecule has 0 radical (unpaired) electrons. The monoisotopic (exact) mass is 345 g/mol. The normalized spacial score (nSPS) is 10.6. The first-order chi connectivity index (χ1) is 7.66. The predicted octanol–water partition coefficient (Wildman–Crippen LogP) is 2.27. The molecule has 2 aromatic heterocycles. The van der Waals surface area contributed by atoms with Gasteiger partial charge in [-0.1, -0.05) is 0 Å². The Hall–Kier alpha value is -0.880. The molecular weight excluding hydrogens is 338 g/mol. The summed E-state index contributed by atoms with van der Waals surface area (Å²) in [5, 5.41) is 4.08. The van der Waals surface area contributed by atoms with Crippen molar-refractivity contribution >= 4 is 31.9 Å². The quantitative estimate of drug-likeness (QED) is 0.855. The first-order valence-electron chi connectivity index (χ1n) is 4.70. The molecular formula is C10H9Br2N3O. The minimum absolute atomic E-state index is 0.0321. The van der Waals surface area contributed by atoms with Crippen LogP contribution in [-0.4, -0.2) is 14.3 Å². The van der Waals surface area contributed by atoms with Gasteiger partial charge in [0, 0.05) is 29.6 Å². The van der Waals surface area contributed by atoms with Crippen molar-refractivity contribution in [2.24, 2.45) is 0 Å². The topological polar surface area (TPSA) is 39.8 Å². The van der Waals surface area contributed by atoms with Crippen molar-refractivity contribution in [2.75, 3.05) is 0 Å². The Morgan fingerprint density at radius 3 is 2.81 bits per heavy atom. The van der Waals surface area contributed by atoms with Crippen molar-refractivity contribution in [3.05, 3.63) is 50.0 Å². The average Bonchev–Trinajstić information content (AvgIpc) is 2.74. The lowest BCUT2D eigenvalue weighted by Crippen LogP contribution is -2.22. The van der Waals surface area contributed by atoms with Crippen LogP contribution in [0.3, 0.4) is 0 Å². The van der Waals surface area contributed by atoms with E-state index in [2.05, 4.69) is 37.0 Å². The molecule has 0 saturated carbocycles. The van der Waals surface area contributed by atoms with Crippen LogP contribution in [-0.2, 0) is 13.1 Å². The van der Waals surface area contributed by atoms with E-state index in [1.165, 1.54) is 0 Å². The van der Waals surface area contributed by atoms with Crippen LogP contribution in [0.15, 0.2) is 44.5 Å². The molecule has 0 saturated heterocycles. The van der Waals surface area contributed by atoms with E-state index in [0.717, 1.165) is 4.47 Å². The number of rotatable bonds is 3. The van der Waals surface area contributed by atoms with Crippen LogP contribution in [0.5, 0.6) is 0 Å². The van der Waals surface area contributed by atoms with Crippen molar-refractivity contribution in [2.45, 2.75) is 13.1 Å². The maximum atomic E-state index is 11.7. The molecule has 0 aliphatic carbocycles. The second-order valence-electron chi connectivity index (χ2n) is 3.27. The van der Waals surface area contributed by atoms with Gasteiger partial charge in [-0.3, -0.25) is 9.48 Å². The number of pyridine rings is 1. The molecule has 6 heteroatoms. The van der Waals surface area contributed by atoms with Crippen LogP contribution < -0.4 is 5.56 Å². The molecule has 2 heterocycles. The van der Waals surface area contributed by atoms with E-state index in [1.54, 1.807) is 27.7 Å². The summed E-state index contributed by atoms with van der Waals surface area (Å²) < 4.78 is 4.87. The summed E-state index contributed by atoms with van der Waals surface area (Å²) in [7, 11) is 0. The maximum absolute atomic E-state index is 11.7. The Balaban J connectivity index is 2.18. The lowest BCUT2D eigenvalue weighted by molar-refractivity contribution is 0.522. The Kier molecular flexibility index (Phi) is 3.60. The third-order valence-corrected chi connectivity index (χ3v) is 3.14. The van der Waals surface area contributed by atoms with Crippen molar-refractivity contribution in [3.63, 3.8) is 0 Å². The molecule has 2 rings (SSSR count). The zero-order chi connectivity index (χ0) is 11.5. The number of hydrogen-bond acceptors (Lipinski definition) is 2. The zero-order valence-electron chi connectivity index (χ0n) is 8.31. The Morgan fingerprint density at radius 2 is 2.12 bits per heavy atom. The molecule has 0 amide bonds. The number of aryl methyl sites for hydroxylation is 2. The fourth-order valence-electron chi connectivity index (χ4n) is 1.37. The highest BCUT2D eigenvalue weighted by Crippen LogP contribution is 2.12. The first kappa shape index (κ1) is 11.6. The van der Waals surface area contributed by atoms with Gasteiger partial charge in [0.2, 0.25) is 0 Å². The summed E-state index contributed by atoms with van der Waals surface area (Å²) >= 11 is 6.58. The molecule has 0 spiro atoms. The first-order valence-corrected chi connectivity index (χ1v) is 6.28. The van der Waals surface area contributed by atoms with Crippen LogP contribution in [0.4, 0.5) is 0 Å². The lowest BCUT2D eigenvalue weighted by Gasteiger charge is -2.07.